The number of esters is 2. The number of carbonyl (C=O) groups is 2. The molecule has 0 radical (unpaired) electrons. The summed E-state index contributed by atoms with van der Waals surface area (Å²) >= 11 is 0. The maximum atomic E-state index is 11.6. The molecule has 0 aliphatic heterocycles. The van der Waals surface area contributed by atoms with Crippen LogP contribution < -0.4 is 0 Å². The summed E-state index contributed by atoms with van der Waals surface area (Å²) in [6.07, 6.45) is 1.78. The molecule has 2 unspecified atom stereocenters. The lowest BCUT2D eigenvalue weighted by molar-refractivity contribution is -0.143. The molecule has 0 spiro atoms. The lowest BCUT2D eigenvalue weighted by Gasteiger charge is -2.22. The van der Waals surface area contributed by atoms with Gasteiger partial charge in [-0.15, -0.1) is 12.4 Å². The molecule has 1 aliphatic carbocycles. The van der Waals surface area contributed by atoms with Gasteiger partial charge < -0.3 is 9.47 Å². The van der Waals surface area contributed by atoms with E-state index in [-0.39, 0.29) is 24.3 Å². The van der Waals surface area contributed by atoms with E-state index in [1.54, 1.807) is 0 Å². The molecule has 25 heavy (non-hydrogen) atoms. The lowest BCUT2D eigenvalue weighted by Crippen LogP contribution is -2.32. The molecule has 0 aromatic heterocycles. The Morgan fingerprint density at radius 2 is 1.52 bits per heavy atom. The van der Waals surface area contributed by atoms with Crippen molar-refractivity contribution in [2.75, 3.05) is 26.3 Å². The highest BCUT2D eigenvalue weighted by molar-refractivity contribution is 5.85. The van der Waals surface area contributed by atoms with E-state index in [1.165, 1.54) is 5.56 Å². The molecule has 0 saturated heterocycles. The van der Waals surface area contributed by atoms with Crippen LogP contribution in [0.1, 0.15) is 44.6 Å². The maximum absolute atomic E-state index is 11.6. The second kappa shape index (κ2) is 11.1. The molecule has 2 rings (SSSR count). The van der Waals surface area contributed by atoms with E-state index in [0.717, 1.165) is 6.42 Å². The van der Waals surface area contributed by atoms with Crippen LogP contribution in [0.15, 0.2) is 30.3 Å². The molecule has 1 saturated carbocycles. The fourth-order valence-electron chi connectivity index (χ4n) is 3.02. The van der Waals surface area contributed by atoms with Crippen molar-refractivity contribution in [3.8, 4) is 0 Å². The molecule has 6 heteroatoms. The first-order valence-electron chi connectivity index (χ1n) is 8.76. The molecule has 5 nitrogen and oxygen atoms in total. The summed E-state index contributed by atoms with van der Waals surface area (Å²) in [5.74, 6) is 0.113. The first-order chi connectivity index (χ1) is 11.7. The minimum atomic E-state index is -0.185. The van der Waals surface area contributed by atoms with Crippen LogP contribution in [0.5, 0.6) is 0 Å². The summed E-state index contributed by atoms with van der Waals surface area (Å²) < 4.78 is 10.0. The number of benzene rings is 1. The summed E-state index contributed by atoms with van der Waals surface area (Å²) in [6.45, 7) is 5.65. The topological polar surface area (TPSA) is 55.8 Å². The molecule has 0 N–H and O–H groups in total. The van der Waals surface area contributed by atoms with Crippen molar-refractivity contribution in [3.05, 3.63) is 35.9 Å². The van der Waals surface area contributed by atoms with Gasteiger partial charge in [-0.05, 0) is 25.8 Å². The highest BCUT2D eigenvalue weighted by atomic mass is 35.5. The molecule has 0 bridgehead atoms. The second-order valence-electron chi connectivity index (χ2n) is 5.97. The van der Waals surface area contributed by atoms with E-state index in [9.17, 15) is 9.59 Å². The minimum Gasteiger partial charge on any atom is -0.466 e. The Hall–Kier alpha value is -1.59. The van der Waals surface area contributed by atoms with Gasteiger partial charge in [0.15, 0.2) is 0 Å². The van der Waals surface area contributed by atoms with E-state index in [4.69, 9.17) is 9.47 Å². The normalized spacial score (nSPS) is 18.4. The molecule has 0 heterocycles. The standard InChI is InChI=1S/C19H27NO4.ClH/c1-3-23-18(21)10-12-20(13-11-19(22)24-4-2)17-14-16(17)15-8-6-5-7-9-15;/h5-9,16-17H,3-4,10-14H2,1-2H3;1H. The van der Waals surface area contributed by atoms with Crippen molar-refractivity contribution in [1.29, 1.82) is 0 Å². The summed E-state index contributed by atoms with van der Waals surface area (Å²) in [5, 5.41) is 0. The molecular formula is C19H28ClNO4. The highest BCUT2D eigenvalue weighted by Gasteiger charge is 2.42. The van der Waals surface area contributed by atoms with Crippen LogP contribution in [0.2, 0.25) is 0 Å². The van der Waals surface area contributed by atoms with Crippen LogP contribution in [-0.4, -0.2) is 49.2 Å². The van der Waals surface area contributed by atoms with Crippen molar-refractivity contribution < 1.29 is 19.1 Å². The third kappa shape index (κ3) is 7.04. The first-order valence-corrected chi connectivity index (χ1v) is 8.76. The number of halogens is 1. The summed E-state index contributed by atoms with van der Waals surface area (Å²) in [4.78, 5) is 25.5. The third-order valence-corrected chi connectivity index (χ3v) is 4.27. The Bertz CT molecular complexity index is 515. The number of hydrogen-bond acceptors (Lipinski definition) is 5. The van der Waals surface area contributed by atoms with Crippen molar-refractivity contribution in [2.45, 2.75) is 45.1 Å². The Kier molecular flexibility index (Phi) is 9.53. The summed E-state index contributed by atoms with van der Waals surface area (Å²) in [5.41, 5.74) is 1.32. The molecular weight excluding hydrogens is 342 g/mol. The largest absolute Gasteiger partial charge is 0.466 e. The maximum Gasteiger partial charge on any atom is 0.307 e. The Morgan fingerprint density at radius 1 is 1.00 bits per heavy atom. The van der Waals surface area contributed by atoms with E-state index in [0.29, 0.717) is 51.1 Å². The van der Waals surface area contributed by atoms with E-state index in [2.05, 4.69) is 17.0 Å². The van der Waals surface area contributed by atoms with E-state index in [1.807, 2.05) is 32.0 Å². The number of nitrogens with zero attached hydrogens (tertiary/aromatic N) is 1. The quantitative estimate of drug-likeness (QED) is 0.593. The van der Waals surface area contributed by atoms with E-state index >= 15 is 0 Å². The third-order valence-electron chi connectivity index (χ3n) is 4.27. The van der Waals surface area contributed by atoms with Crippen molar-refractivity contribution in [2.24, 2.45) is 0 Å². The van der Waals surface area contributed by atoms with Crippen LogP contribution in [0.4, 0.5) is 0 Å². The summed E-state index contributed by atoms with van der Waals surface area (Å²) in [6, 6.07) is 10.8. The van der Waals surface area contributed by atoms with Gasteiger partial charge in [0.25, 0.3) is 0 Å². The van der Waals surface area contributed by atoms with Gasteiger partial charge >= 0.3 is 11.9 Å². The minimum absolute atomic E-state index is 0. The molecule has 0 amide bonds. The molecule has 2 atom stereocenters. The molecule has 1 fully saturated rings. The number of hydrogen-bond donors (Lipinski definition) is 0. The molecule has 1 aliphatic rings. The zero-order valence-corrected chi connectivity index (χ0v) is 15.8. The van der Waals surface area contributed by atoms with Crippen LogP contribution in [0.25, 0.3) is 0 Å². The fraction of sp³-hybridized carbons (Fsp3) is 0.579. The van der Waals surface area contributed by atoms with Crippen LogP contribution in [-0.2, 0) is 19.1 Å². The zero-order valence-electron chi connectivity index (χ0n) is 15.0. The average Bonchev–Trinajstić information content (AvgIpc) is 3.37. The Morgan fingerprint density at radius 3 is 2.00 bits per heavy atom. The molecule has 140 valence electrons. The Labute approximate surface area is 156 Å². The lowest BCUT2D eigenvalue weighted by atomic mass is 10.1. The number of ether oxygens (including phenoxy) is 2. The number of rotatable bonds is 10. The smallest absolute Gasteiger partial charge is 0.307 e. The predicted molar refractivity (Wildman–Crippen MR) is 98.9 cm³/mol. The van der Waals surface area contributed by atoms with Gasteiger partial charge in [-0.1, -0.05) is 30.3 Å². The SMILES string of the molecule is CCOC(=O)CCN(CCC(=O)OCC)C1CC1c1ccccc1.Cl. The van der Waals surface area contributed by atoms with E-state index < -0.39 is 0 Å². The molecule has 1 aromatic carbocycles. The fourth-order valence-corrected chi connectivity index (χ4v) is 3.02. The van der Waals surface area contributed by atoms with Crippen molar-refractivity contribution in [1.82, 2.24) is 4.90 Å². The summed E-state index contributed by atoms with van der Waals surface area (Å²) in [7, 11) is 0. The van der Waals surface area contributed by atoms with Gasteiger partial charge in [0, 0.05) is 25.0 Å². The second-order valence-corrected chi connectivity index (χ2v) is 5.97. The average molecular weight is 370 g/mol. The van der Waals surface area contributed by atoms with Gasteiger partial charge in [-0.2, -0.15) is 0 Å². The van der Waals surface area contributed by atoms with Crippen LogP contribution in [0.3, 0.4) is 0 Å². The van der Waals surface area contributed by atoms with Crippen LogP contribution in [0, 0.1) is 0 Å². The van der Waals surface area contributed by atoms with Gasteiger partial charge in [0.1, 0.15) is 0 Å². The van der Waals surface area contributed by atoms with Gasteiger partial charge in [-0.25, -0.2) is 0 Å². The Balaban J connectivity index is 0.00000312. The zero-order chi connectivity index (χ0) is 17.4. The number of carbonyl (C=O) groups excluding carboxylic acids is 2. The molecule has 1 aromatic rings. The monoisotopic (exact) mass is 369 g/mol. The van der Waals surface area contributed by atoms with Gasteiger partial charge in [0.2, 0.25) is 0 Å². The van der Waals surface area contributed by atoms with Gasteiger partial charge in [0.05, 0.1) is 26.1 Å². The van der Waals surface area contributed by atoms with Crippen molar-refractivity contribution in [3.63, 3.8) is 0 Å². The van der Waals surface area contributed by atoms with Crippen molar-refractivity contribution >= 4 is 24.3 Å². The highest BCUT2D eigenvalue weighted by Crippen LogP contribution is 2.44. The predicted octanol–water partition coefficient (Wildman–Crippen LogP) is 3.17. The van der Waals surface area contributed by atoms with Gasteiger partial charge in [-0.3, -0.25) is 14.5 Å². The first kappa shape index (κ1) is 21.5. The van der Waals surface area contributed by atoms with Crippen LogP contribution >= 0.6 is 12.4 Å².